The molecular formula is C20H19F3N6O. The van der Waals surface area contributed by atoms with Gasteiger partial charge in [0.1, 0.15) is 5.82 Å². The van der Waals surface area contributed by atoms with Crippen molar-refractivity contribution < 1.29 is 18.0 Å². The molecule has 1 aromatic carbocycles. The lowest BCUT2D eigenvalue weighted by Crippen LogP contribution is -2.49. The minimum absolute atomic E-state index is 0.214. The lowest BCUT2D eigenvalue weighted by Gasteiger charge is -2.35. The van der Waals surface area contributed by atoms with Gasteiger partial charge >= 0.3 is 6.18 Å². The van der Waals surface area contributed by atoms with E-state index in [1.165, 1.54) is 6.07 Å². The number of nitrogens with zero attached hydrogens (tertiary/aromatic N) is 6. The van der Waals surface area contributed by atoms with E-state index in [2.05, 4.69) is 15.3 Å². The highest BCUT2D eigenvalue weighted by atomic mass is 19.4. The monoisotopic (exact) mass is 416 g/mol. The van der Waals surface area contributed by atoms with E-state index in [1.807, 2.05) is 35.2 Å². The van der Waals surface area contributed by atoms with E-state index in [9.17, 15) is 18.0 Å². The van der Waals surface area contributed by atoms with E-state index in [-0.39, 0.29) is 11.6 Å². The number of carbonyl (C=O) groups is 1. The molecule has 0 aliphatic carbocycles. The third-order valence-corrected chi connectivity index (χ3v) is 4.91. The molecule has 0 spiro atoms. The zero-order valence-corrected chi connectivity index (χ0v) is 16.0. The first-order valence-electron chi connectivity index (χ1n) is 9.42. The molecule has 4 rings (SSSR count). The van der Waals surface area contributed by atoms with Gasteiger partial charge in [0.15, 0.2) is 5.69 Å². The maximum Gasteiger partial charge on any atom is 0.417 e. The topological polar surface area (TPSA) is 67.2 Å². The van der Waals surface area contributed by atoms with E-state index >= 15 is 0 Å². The Hall–Kier alpha value is -3.43. The van der Waals surface area contributed by atoms with Gasteiger partial charge in [-0.1, -0.05) is 35.5 Å². The van der Waals surface area contributed by atoms with Crippen LogP contribution in [-0.2, 0) is 12.7 Å². The van der Waals surface area contributed by atoms with E-state index in [4.69, 9.17) is 0 Å². The molecule has 1 saturated heterocycles. The van der Waals surface area contributed by atoms with Gasteiger partial charge < -0.3 is 9.80 Å². The minimum Gasteiger partial charge on any atom is -0.353 e. The predicted molar refractivity (Wildman–Crippen MR) is 103 cm³/mol. The summed E-state index contributed by atoms with van der Waals surface area (Å²) in [6.45, 7) is 2.32. The van der Waals surface area contributed by atoms with Crippen LogP contribution in [0.2, 0.25) is 0 Å². The van der Waals surface area contributed by atoms with Crippen LogP contribution in [0.1, 0.15) is 21.6 Å². The normalized spacial score (nSPS) is 14.8. The molecule has 0 saturated carbocycles. The van der Waals surface area contributed by atoms with Crippen molar-refractivity contribution in [2.45, 2.75) is 12.7 Å². The first-order chi connectivity index (χ1) is 14.4. The SMILES string of the molecule is O=C(c1cn(Cc2ccccc2)nn1)N1CCN(c2ccc(C(F)(F)F)cn2)CC1. The second-order valence-corrected chi connectivity index (χ2v) is 6.97. The Morgan fingerprint density at radius 2 is 1.73 bits per heavy atom. The van der Waals surface area contributed by atoms with Crippen molar-refractivity contribution in [3.63, 3.8) is 0 Å². The van der Waals surface area contributed by atoms with Crippen molar-refractivity contribution >= 4 is 11.7 Å². The molecule has 0 bridgehead atoms. The quantitative estimate of drug-likeness (QED) is 0.654. The number of carbonyl (C=O) groups excluding carboxylic acids is 1. The molecule has 1 fully saturated rings. The average Bonchev–Trinajstić information content (AvgIpc) is 3.22. The Balaban J connectivity index is 1.34. The summed E-state index contributed by atoms with van der Waals surface area (Å²) >= 11 is 0. The summed E-state index contributed by atoms with van der Waals surface area (Å²) in [5, 5.41) is 8.01. The van der Waals surface area contributed by atoms with Crippen LogP contribution in [0.5, 0.6) is 0 Å². The molecule has 0 N–H and O–H groups in total. The van der Waals surface area contributed by atoms with E-state index < -0.39 is 11.7 Å². The fraction of sp³-hybridized carbons (Fsp3) is 0.300. The maximum atomic E-state index is 12.7. The Kier molecular flexibility index (Phi) is 5.39. The minimum atomic E-state index is -4.41. The van der Waals surface area contributed by atoms with Crippen molar-refractivity contribution in [2.24, 2.45) is 0 Å². The molecule has 0 unspecified atom stereocenters. The largest absolute Gasteiger partial charge is 0.417 e. The summed E-state index contributed by atoms with van der Waals surface area (Å²) in [4.78, 5) is 20.2. The number of anilines is 1. The number of rotatable bonds is 4. The molecule has 3 heterocycles. The molecule has 1 aliphatic heterocycles. The summed E-state index contributed by atoms with van der Waals surface area (Å²) in [5.41, 5.74) is 0.546. The first-order valence-corrected chi connectivity index (χ1v) is 9.42. The van der Waals surface area contributed by atoms with Crippen LogP contribution in [-0.4, -0.2) is 57.0 Å². The van der Waals surface area contributed by atoms with Crippen molar-refractivity contribution in [2.75, 3.05) is 31.1 Å². The summed E-state index contributed by atoms with van der Waals surface area (Å²) in [5.74, 6) is 0.248. The smallest absolute Gasteiger partial charge is 0.353 e. The number of alkyl halides is 3. The van der Waals surface area contributed by atoms with Gasteiger partial charge in [-0.25, -0.2) is 9.67 Å². The second-order valence-electron chi connectivity index (χ2n) is 6.97. The van der Waals surface area contributed by atoms with Crippen LogP contribution in [0, 0.1) is 0 Å². The Bertz CT molecular complexity index is 995. The number of halogens is 3. The molecule has 156 valence electrons. The molecule has 2 aromatic heterocycles. The molecule has 3 aromatic rings. The van der Waals surface area contributed by atoms with Crippen LogP contribution < -0.4 is 4.90 Å². The Morgan fingerprint density at radius 3 is 2.37 bits per heavy atom. The number of piperazine rings is 1. The molecule has 30 heavy (non-hydrogen) atoms. The Labute approximate surface area is 170 Å². The molecular weight excluding hydrogens is 397 g/mol. The number of aromatic nitrogens is 4. The van der Waals surface area contributed by atoms with E-state index in [0.29, 0.717) is 38.5 Å². The number of hydrogen-bond donors (Lipinski definition) is 0. The standard InChI is InChI=1S/C20H19F3N6O/c21-20(22,23)16-6-7-18(24-12-16)27-8-10-28(11-9-27)19(30)17-14-29(26-25-17)13-15-4-2-1-3-5-15/h1-7,12,14H,8-11,13H2. The first kappa shape index (κ1) is 19.9. The number of benzene rings is 1. The molecule has 7 nitrogen and oxygen atoms in total. The van der Waals surface area contributed by atoms with Gasteiger partial charge in [0.25, 0.3) is 5.91 Å². The molecule has 0 radical (unpaired) electrons. The van der Waals surface area contributed by atoms with Crippen molar-refractivity contribution in [3.05, 3.63) is 71.7 Å². The number of hydrogen-bond acceptors (Lipinski definition) is 5. The highest BCUT2D eigenvalue weighted by Crippen LogP contribution is 2.29. The average molecular weight is 416 g/mol. The van der Waals surface area contributed by atoms with Crippen molar-refractivity contribution in [1.29, 1.82) is 0 Å². The molecule has 1 amide bonds. The Morgan fingerprint density at radius 1 is 1.00 bits per heavy atom. The van der Waals surface area contributed by atoms with Crippen LogP contribution in [0.15, 0.2) is 54.9 Å². The predicted octanol–water partition coefficient (Wildman–Crippen LogP) is 2.70. The van der Waals surface area contributed by atoms with Crippen LogP contribution in [0.3, 0.4) is 0 Å². The number of amides is 1. The van der Waals surface area contributed by atoms with Crippen molar-refractivity contribution in [3.8, 4) is 0 Å². The third-order valence-electron chi connectivity index (χ3n) is 4.91. The van der Waals surface area contributed by atoms with Gasteiger partial charge in [-0.2, -0.15) is 13.2 Å². The van der Waals surface area contributed by atoms with Crippen molar-refractivity contribution in [1.82, 2.24) is 24.9 Å². The van der Waals surface area contributed by atoms with Crippen LogP contribution >= 0.6 is 0 Å². The molecule has 0 atom stereocenters. The van der Waals surface area contributed by atoms with Crippen LogP contribution in [0.25, 0.3) is 0 Å². The third kappa shape index (κ3) is 4.42. The van der Waals surface area contributed by atoms with Gasteiger partial charge in [0, 0.05) is 32.4 Å². The van der Waals surface area contributed by atoms with Gasteiger partial charge in [-0.05, 0) is 17.7 Å². The summed E-state index contributed by atoms with van der Waals surface area (Å²) in [7, 11) is 0. The van der Waals surface area contributed by atoms with Gasteiger partial charge in [-0.3, -0.25) is 4.79 Å². The second kappa shape index (κ2) is 8.13. The zero-order chi connectivity index (χ0) is 21.1. The molecule has 1 aliphatic rings. The maximum absolute atomic E-state index is 12.7. The lowest BCUT2D eigenvalue weighted by molar-refractivity contribution is -0.137. The zero-order valence-electron chi connectivity index (χ0n) is 16.0. The molecule has 10 heteroatoms. The summed E-state index contributed by atoms with van der Waals surface area (Å²) in [6.07, 6.45) is -1.95. The fourth-order valence-corrected chi connectivity index (χ4v) is 3.29. The number of pyridine rings is 1. The van der Waals surface area contributed by atoms with Gasteiger partial charge in [0.05, 0.1) is 18.3 Å². The van der Waals surface area contributed by atoms with Crippen LogP contribution in [0.4, 0.5) is 19.0 Å². The van der Waals surface area contributed by atoms with E-state index in [0.717, 1.165) is 17.8 Å². The highest BCUT2D eigenvalue weighted by molar-refractivity contribution is 5.92. The highest BCUT2D eigenvalue weighted by Gasteiger charge is 2.31. The van der Waals surface area contributed by atoms with E-state index in [1.54, 1.807) is 15.8 Å². The van der Waals surface area contributed by atoms with Gasteiger partial charge in [-0.15, -0.1) is 5.10 Å². The fourth-order valence-electron chi connectivity index (χ4n) is 3.29. The lowest BCUT2D eigenvalue weighted by atomic mass is 10.2. The summed E-state index contributed by atoms with van der Waals surface area (Å²) < 4.78 is 39.6. The summed E-state index contributed by atoms with van der Waals surface area (Å²) in [6, 6.07) is 12.1. The van der Waals surface area contributed by atoms with Gasteiger partial charge in [0.2, 0.25) is 0 Å².